The number of nitrogens with zero attached hydrogens (tertiary/aromatic N) is 1. The number of hydrogen-bond donors (Lipinski definition) is 0. The van der Waals surface area contributed by atoms with E-state index in [-0.39, 0.29) is 26.1 Å². The molecule has 0 N–H and O–H groups in total. The first-order chi connectivity index (χ1) is 17.5. The van der Waals surface area contributed by atoms with Crippen LogP contribution < -0.4 is 4.89 Å². The standard InChI is InChI=1S/C27H54NO8P/c1-6-8-10-11-12-13-14-15-16-17-18-20-27(30)36-25(23-33-26(29)19-9-7-2)24-35-37(31,32)34-22-21-28(3,4)5/h25H,6-24H2,1-5H3. The molecular formula is C27H54NO8P. The van der Waals surface area contributed by atoms with Crippen molar-refractivity contribution >= 4 is 19.8 Å². The Morgan fingerprint density at radius 3 is 1.78 bits per heavy atom. The summed E-state index contributed by atoms with van der Waals surface area (Å²) < 4.78 is 33.0. The molecule has 0 heterocycles. The monoisotopic (exact) mass is 551 g/mol. The smallest absolute Gasteiger partial charge is 0.306 e. The van der Waals surface area contributed by atoms with Gasteiger partial charge < -0.3 is 27.9 Å². The normalized spacial score (nSPS) is 14.2. The molecule has 0 amide bonds. The maximum absolute atomic E-state index is 12.3. The molecule has 0 saturated heterocycles. The number of quaternary nitrogens is 1. The van der Waals surface area contributed by atoms with Crippen LogP contribution in [0, 0.1) is 0 Å². The number of likely N-dealkylation sites (N-methyl/N-ethyl adjacent to an activating group) is 1. The fraction of sp³-hybridized carbons (Fsp3) is 0.926. The van der Waals surface area contributed by atoms with Crippen LogP contribution in [0.1, 0.15) is 110 Å². The van der Waals surface area contributed by atoms with E-state index in [1.807, 2.05) is 28.1 Å². The van der Waals surface area contributed by atoms with Crippen LogP contribution in [0.15, 0.2) is 0 Å². The third kappa shape index (κ3) is 25.1. The lowest BCUT2D eigenvalue weighted by Crippen LogP contribution is -2.37. The van der Waals surface area contributed by atoms with E-state index in [1.165, 1.54) is 51.4 Å². The molecule has 0 aliphatic rings. The maximum Gasteiger partial charge on any atom is 0.306 e. The van der Waals surface area contributed by atoms with Crippen molar-refractivity contribution in [2.75, 3.05) is 47.5 Å². The van der Waals surface area contributed by atoms with E-state index in [0.717, 1.165) is 19.3 Å². The summed E-state index contributed by atoms with van der Waals surface area (Å²) in [5.74, 6) is -0.876. The molecular weight excluding hydrogens is 497 g/mol. The zero-order valence-corrected chi connectivity index (χ0v) is 25.1. The summed E-state index contributed by atoms with van der Waals surface area (Å²) in [6, 6.07) is 0. The number of carbonyl (C=O) groups excluding carboxylic acids is 2. The first kappa shape index (κ1) is 36.0. The van der Waals surface area contributed by atoms with Gasteiger partial charge in [-0.25, -0.2) is 0 Å². The summed E-state index contributed by atoms with van der Waals surface area (Å²) in [6.45, 7) is 3.91. The molecule has 0 fully saturated rings. The third-order valence-corrected chi connectivity index (χ3v) is 6.84. The highest BCUT2D eigenvalue weighted by Gasteiger charge is 2.21. The lowest BCUT2D eigenvalue weighted by Gasteiger charge is -2.28. The van der Waals surface area contributed by atoms with Gasteiger partial charge in [0.1, 0.15) is 19.8 Å². The van der Waals surface area contributed by atoms with E-state index in [1.54, 1.807) is 0 Å². The number of esters is 2. The molecule has 0 aromatic heterocycles. The van der Waals surface area contributed by atoms with Crippen LogP contribution in [0.25, 0.3) is 0 Å². The van der Waals surface area contributed by atoms with E-state index < -0.39 is 32.5 Å². The van der Waals surface area contributed by atoms with Crippen molar-refractivity contribution in [3.63, 3.8) is 0 Å². The van der Waals surface area contributed by atoms with Crippen LogP contribution >= 0.6 is 7.82 Å². The maximum atomic E-state index is 12.3. The fourth-order valence-corrected chi connectivity index (χ4v) is 4.24. The lowest BCUT2D eigenvalue weighted by molar-refractivity contribution is -0.870. The molecule has 0 saturated carbocycles. The van der Waals surface area contributed by atoms with Crippen molar-refractivity contribution in [2.45, 2.75) is 116 Å². The van der Waals surface area contributed by atoms with E-state index in [4.69, 9.17) is 18.5 Å². The SMILES string of the molecule is CCCCCCCCCCCCCC(=O)OC(COC(=O)CCCC)COP(=O)([O-])OCC[N+](C)(C)C. The summed E-state index contributed by atoms with van der Waals surface area (Å²) in [7, 11) is 1.16. The molecule has 0 spiro atoms. The molecule has 9 nitrogen and oxygen atoms in total. The zero-order chi connectivity index (χ0) is 28.0. The topological polar surface area (TPSA) is 111 Å². The van der Waals surface area contributed by atoms with Gasteiger partial charge in [0.2, 0.25) is 0 Å². The van der Waals surface area contributed by atoms with Crippen molar-refractivity contribution in [3.8, 4) is 0 Å². The zero-order valence-electron chi connectivity index (χ0n) is 24.2. The van der Waals surface area contributed by atoms with Crippen molar-refractivity contribution in [1.29, 1.82) is 0 Å². The fourth-order valence-electron chi connectivity index (χ4n) is 3.51. The second-order valence-corrected chi connectivity index (χ2v) is 12.2. The molecule has 2 unspecified atom stereocenters. The summed E-state index contributed by atoms with van der Waals surface area (Å²) in [6.07, 6.45) is 13.9. The molecule has 0 aliphatic heterocycles. The van der Waals surface area contributed by atoms with Gasteiger partial charge in [-0.1, -0.05) is 84.5 Å². The van der Waals surface area contributed by atoms with Crippen LogP contribution in [0.5, 0.6) is 0 Å². The minimum absolute atomic E-state index is 0.0282. The molecule has 0 radical (unpaired) electrons. The molecule has 0 bridgehead atoms. The molecule has 0 aromatic carbocycles. The molecule has 0 rings (SSSR count). The van der Waals surface area contributed by atoms with Gasteiger partial charge in [0.05, 0.1) is 27.7 Å². The Labute approximate surface area is 225 Å². The first-order valence-corrected chi connectivity index (χ1v) is 15.7. The minimum atomic E-state index is -4.58. The number of unbranched alkanes of at least 4 members (excludes halogenated alkanes) is 11. The van der Waals surface area contributed by atoms with Crippen LogP contribution in [0.2, 0.25) is 0 Å². The van der Waals surface area contributed by atoms with Crippen LogP contribution in [0.3, 0.4) is 0 Å². The van der Waals surface area contributed by atoms with Crippen molar-refractivity contribution in [3.05, 3.63) is 0 Å². The van der Waals surface area contributed by atoms with Gasteiger partial charge >= 0.3 is 11.9 Å². The number of hydrogen-bond acceptors (Lipinski definition) is 8. The van der Waals surface area contributed by atoms with Crippen molar-refractivity contribution in [2.24, 2.45) is 0 Å². The Kier molecular flexibility index (Phi) is 21.3. The average Bonchev–Trinajstić information content (AvgIpc) is 2.81. The molecule has 0 aliphatic carbocycles. The molecule has 220 valence electrons. The number of phosphoric acid groups is 1. The Balaban J connectivity index is 4.39. The highest BCUT2D eigenvalue weighted by molar-refractivity contribution is 7.45. The van der Waals surface area contributed by atoms with E-state index in [2.05, 4.69) is 6.92 Å². The van der Waals surface area contributed by atoms with Crippen LogP contribution in [0.4, 0.5) is 0 Å². The van der Waals surface area contributed by atoms with Crippen LogP contribution in [-0.4, -0.2) is 70.0 Å². The van der Waals surface area contributed by atoms with Gasteiger partial charge in [-0.05, 0) is 12.8 Å². The summed E-state index contributed by atoms with van der Waals surface area (Å²) in [5, 5.41) is 0. The van der Waals surface area contributed by atoms with Crippen molar-refractivity contribution < 1.29 is 42.1 Å². The molecule has 2 atom stereocenters. The Morgan fingerprint density at radius 2 is 1.24 bits per heavy atom. The highest BCUT2D eigenvalue weighted by atomic mass is 31.2. The van der Waals surface area contributed by atoms with Gasteiger partial charge in [-0.3, -0.25) is 14.2 Å². The Hall–Kier alpha value is -0.990. The number of rotatable bonds is 25. The Bertz CT molecular complexity index is 638. The van der Waals surface area contributed by atoms with E-state index in [0.29, 0.717) is 23.9 Å². The Morgan fingerprint density at radius 1 is 0.730 bits per heavy atom. The van der Waals surface area contributed by atoms with Gasteiger partial charge in [0.25, 0.3) is 7.82 Å². The number of carbonyl (C=O) groups is 2. The van der Waals surface area contributed by atoms with Gasteiger partial charge in [0.15, 0.2) is 6.10 Å². The number of phosphoric ester groups is 1. The summed E-state index contributed by atoms with van der Waals surface area (Å²) >= 11 is 0. The largest absolute Gasteiger partial charge is 0.756 e. The molecule has 10 heteroatoms. The second kappa shape index (κ2) is 21.9. The van der Waals surface area contributed by atoms with Crippen molar-refractivity contribution in [1.82, 2.24) is 0 Å². The van der Waals surface area contributed by atoms with Gasteiger partial charge in [-0.15, -0.1) is 0 Å². The molecule has 37 heavy (non-hydrogen) atoms. The van der Waals surface area contributed by atoms with E-state index in [9.17, 15) is 19.0 Å². The predicted octanol–water partition coefficient (Wildman–Crippen LogP) is 5.54. The highest BCUT2D eigenvalue weighted by Crippen LogP contribution is 2.38. The molecule has 0 aromatic rings. The second-order valence-electron chi connectivity index (χ2n) is 10.8. The lowest BCUT2D eigenvalue weighted by atomic mass is 10.1. The number of ether oxygens (including phenoxy) is 2. The quantitative estimate of drug-likeness (QED) is 0.0629. The van der Waals surface area contributed by atoms with Gasteiger partial charge in [0, 0.05) is 12.8 Å². The van der Waals surface area contributed by atoms with Crippen LogP contribution in [-0.2, 0) is 32.7 Å². The average molecular weight is 552 g/mol. The van der Waals surface area contributed by atoms with Gasteiger partial charge in [-0.2, -0.15) is 0 Å². The third-order valence-electron chi connectivity index (χ3n) is 5.88. The summed E-state index contributed by atoms with van der Waals surface area (Å²) in [4.78, 5) is 36.3. The first-order valence-electron chi connectivity index (χ1n) is 14.2. The van der Waals surface area contributed by atoms with E-state index >= 15 is 0 Å². The minimum Gasteiger partial charge on any atom is -0.756 e. The predicted molar refractivity (Wildman–Crippen MR) is 144 cm³/mol. The summed E-state index contributed by atoms with van der Waals surface area (Å²) in [5.41, 5.74) is 0.